The maximum absolute atomic E-state index is 11.7. The zero-order valence-corrected chi connectivity index (χ0v) is 11.4. The molecule has 0 fully saturated rings. The molecule has 0 aliphatic carbocycles. The Balaban J connectivity index is 2.03. The molecule has 2 aromatic rings. The highest BCUT2D eigenvalue weighted by Crippen LogP contribution is 2.31. The van der Waals surface area contributed by atoms with Gasteiger partial charge in [0.05, 0.1) is 19.1 Å². The molecule has 0 spiro atoms. The molecule has 0 saturated heterocycles. The van der Waals surface area contributed by atoms with Crippen LogP contribution in [-0.4, -0.2) is 36.3 Å². The lowest BCUT2D eigenvalue weighted by molar-refractivity contribution is -0.110. The summed E-state index contributed by atoms with van der Waals surface area (Å²) in [4.78, 5) is 20.0. The van der Waals surface area contributed by atoms with Gasteiger partial charge in [0.15, 0.2) is 0 Å². The fraction of sp³-hybridized carbons (Fsp3) is 0.200. The number of hydrogen-bond donors (Lipinski definition) is 0. The Labute approximate surface area is 121 Å². The van der Waals surface area contributed by atoms with Crippen molar-refractivity contribution < 1.29 is 14.1 Å². The molecule has 1 aromatic heterocycles. The lowest BCUT2D eigenvalue weighted by Crippen LogP contribution is -2.32. The van der Waals surface area contributed by atoms with Crippen LogP contribution in [0.25, 0.3) is 5.57 Å². The highest BCUT2D eigenvalue weighted by molar-refractivity contribution is 6.10. The zero-order valence-electron chi connectivity index (χ0n) is 11.4. The van der Waals surface area contributed by atoms with Crippen LogP contribution in [0.1, 0.15) is 11.4 Å². The minimum absolute atomic E-state index is 0.351. The smallest absolute Gasteiger partial charge is 0.214 e. The molecule has 2 heterocycles. The number of allylic oxidation sites excluding steroid dienone is 1. The standard InChI is InChI=1S/C15H13N3O3/c1-20-13-4-2-12(3-5-13)15(9-19)6-11(7-16-8-15)14-17-10-21-18-14/h2-7,9-10H,8H2,1H3. The average Bonchev–Trinajstić information content (AvgIpc) is 3.09. The van der Waals surface area contributed by atoms with E-state index in [-0.39, 0.29) is 0 Å². The number of rotatable bonds is 4. The summed E-state index contributed by atoms with van der Waals surface area (Å²) < 4.78 is 9.87. The third-order valence-corrected chi connectivity index (χ3v) is 3.45. The van der Waals surface area contributed by atoms with Gasteiger partial charge in [-0.3, -0.25) is 4.99 Å². The maximum atomic E-state index is 11.7. The first-order valence-corrected chi connectivity index (χ1v) is 6.38. The molecule has 0 saturated carbocycles. The molecular formula is C15H13N3O3. The SMILES string of the molecule is COc1ccc(C2(C=O)C=C(c3ncon3)C=NC2)cc1. The number of aromatic nitrogens is 2. The first-order valence-electron chi connectivity index (χ1n) is 6.38. The van der Waals surface area contributed by atoms with E-state index in [1.54, 1.807) is 13.3 Å². The summed E-state index contributed by atoms with van der Waals surface area (Å²) >= 11 is 0. The van der Waals surface area contributed by atoms with E-state index >= 15 is 0 Å². The number of aldehydes is 1. The van der Waals surface area contributed by atoms with Crippen molar-refractivity contribution in [1.82, 2.24) is 10.1 Å². The first-order chi connectivity index (χ1) is 10.3. The van der Waals surface area contributed by atoms with Crippen molar-refractivity contribution in [1.29, 1.82) is 0 Å². The number of carbonyl (C=O) groups is 1. The largest absolute Gasteiger partial charge is 0.497 e. The van der Waals surface area contributed by atoms with Crippen LogP contribution in [0.4, 0.5) is 0 Å². The van der Waals surface area contributed by atoms with Gasteiger partial charge in [-0.05, 0) is 17.7 Å². The van der Waals surface area contributed by atoms with Crippen molar-refractivity contribution in [3.63, 3.8) is 0 Å². The van der Waals surface area contributed by atoms with Crippen molar-refractivity contribution in [3.05, 3.63) is 48.1 Å². The highest BCUT2D eigenvalue weighted by Gasteiger charge is 2.32. The van der Waals surface area contributed by atoms with Gasteiger partial charge in [-0.1, -0.05) is 23.4 Å². The van der Waals surface area contributed by atoms with Gasteiger partial charge in [0.1, 0.15) is 12.0 Å². The van der Waals surface area contributed by atoms with Crippen LogP contribution >= 0.6 is 0 Å². The molecule has 1 atom stereocenters. The molecule has 6 nitrogen and oxygen atoms in total. The Morgan fingerprint density at radius 3 is 2.76 bits per heavy atom. The second-order valence-electron chi connectivity index (χ2n) is 4.71. The highest BCUT2D eigenvalue weighted by atomic mass is 16.5. The fourth-order valence-corrected chi connectivity index (χ4v) is 2.29. The second kappa shape index (κ2) is 5.32. The van der Waals surface area contributed by atoms with Crippen LogP contribution < -0.4 is 4.74 Å². The van der Waals surface area contributed by atoms with Crippen molar-refractivity contribution in [2.24, 2.45) is 4.99 Å². The number of benzene rings is 1. The summed E-state index contributed by atoms with van der Waals surface area (Å²) in [6.45, 7) is 0.351. The molecular weight excluding hydrogens is 270 g/mol. The molecule has 1 unspecified atom stereocenters. The van der Waals surface area contributed by atoms with Crippen molar-refractivity contribution in [3.8, 4) is 5.75 Å². The zero-order chi connectivity index (χ0) is 14.7. The fourth-order valence-electron chi connectivity index (χ4n) is 2.29. The number of dihydropyridines is 1. The van der Waals surface area contributed by atoms with Crippen LogP contribution in [0.3, 0.4) is 0 Å². The molecule has 106 valence electrons. The third kappa shape index (κ3) is 2.35. The topological polar surface area (TPSA) is 77.6 Å². The van der Waals surface area contributed by atoms with Gasteiger partial charge in [-0.25, -0.2) is 0 Å². The molecule has 3 rings (SSSR count). The van der Waals surface area contributed by atoms with Crippen molar-refractivity contribution in [2.75, 3.05) is 13.7 Å². The Kier molecular flexibility index (Phi) is 3.35. The monoisotopic (exact) mass is 283 g/mol. The van der Waals surface area contributed by atoms with Crippen LogP contribution in [0.15, 0.2) is 46.3 Å². The summed E-state index contributed by atoms with van der Waals surface area (Å²) in [5.41, 5.74) is 0.686. The van der Waals surface area contributed by atoms with Crippen molar-refractivity contribution in [2.45, 2.75) is 5.41 Å². The van der Waals surface area contributed by atoms with Gasteiger partial charge < -0.3 is 14.1 Å². The van der Waals surface area contributed by atoms with E-state index in [9.17, 15) is 4.79 Å². The number of carbonyl (C=O) groups excluding carboxylic acids is 1. The molecule has 6 heteroatoms. The molecule has 1 aromatic carbocycles. The third-order valence-electron chi connectivity index (χ3n) is 3.45. The molecule has 0 amide bonds. The van der Waals surface area contributed by atoms with Crippen LogP contribution in [-0.2, 0) is 10.2 Å². The van der Waals surface area contributed by atoms with Crippen molar-refractivity contribution >= 4 is 18.1 Å². The quantitative estimate of drug-likeness (QED) is 0.798. The summed E-state index contributed by atoms with van der Waals surface area (Å²) in [5, 5.41) is 3.78. The molecule has 0 N–H and O–H groups in total. The molecule has 0 bridgehead atoms. The number of aliphatic imine (C=N–C) groups is 1. The van der Waals surface area contributed by atoms with E-state index in [4.69, 9.17) is 9.26 Å². The molecule has 21 heavy (non-hydrogen) atoms. The van der Waals surface area contributed by atoms with E-state index in [1.165, 1.54) is 6.39 Å². The molecule has 1 aliphatic heterocycles. The average molecular weight is 283 g/mol. The summed E-state index contributed by atoms with van der Waals surface area (Å²) in [6, 6.07) is 7.36. The van der Waals surface area contributed by atoms with E-state index in [1.807, 2.05) is 30.3 Å². The number of ether oxygens (including phenoxy) is 1. The minimum Gasteiger partial charge on any atom is -0.497 e. The Bertz CT molecular complexity index is 689. The van der Waals surface area contributed by atoms with Crippen LogP contribution in [0.5, 0.6) is 5.75 Å². The van der Waals surface area contributed by atoms with Gasteiger partial charge in [-0.2, -0.15) is 4.98 Å². The summed E-state index contributed by atoms with van der Waals surface area (Å²) in [6.07, 6.45) is 5.61. The predicted octanol–water partition coefficient (Wildman–Crippen LogP) is 1.68. The summed E-state index contributed by atoms with van der Waals surface area (Å²) in [5.74, 6) is 1.15. The first kappa shape index (κ1) is 13.2. The van der Waals surface area contributed by atoms with E-state index in [2.05, 4.69) is 15.1 Å². The lowest BCUT2D eigenvalue weighted by atomic mass is 9.79. The second-order valence-corrected chi connectivity index (χ2v) is 4.71. The maximum Gasteiger partial charge on any atom is 0.214 e. The molecule has 0 radical (unpaired) electrons. The number of methoxy groups -OCH3 is 1. The van der Waals surface area contributed by atoms with Gasteiger partial charge in [0, 0.05) is 11.8 Å². The number of hydrogen-bond acceptors (Lipinski definition) is 6. The predicted molar refractivity (Wildman–Crippen MR) is 76.4 cm³/mol. The normalized spacial score (nSPS) is 20.9. The Hall–Kier alpha value is -2.76. The Morgan fingerprint density at radius 2 is 2.14 bits per heavy atom. The summed E-state index contributed by atoms with van der Waals surface area (Å²) in [7, 11) is 1.60. The van der Waals surface area contributed by atoms with Crippen LogP contribution in [0, 0.1) is 0 Å². The number of nitrogens with zero attached hydrogens (tertiary/aromatic N) is 3. The van der Waals surface area contributed by atoms with E-state index in [0.29, 0.717) is 17.9 Å². The van der Waals surface area contributed by atoms with E-state index < -0.39 is 5.41 Å². The Morgan fingerprint density at radius 1 is 1.33 bits per heavy atom. The lowest BCUT2D eigenvalue weighted by Gasteiger charge is -2.26. The van der Waals surface area contributed by atoms with E-state index in [0.717, 1.165) is 17.6 Å². The molecule has 1 aliphatic rings. The van der Waals surface area contributed by atoms with Gasteiger partial charge in [-0.15, -0.1) is 0 Å². The van der Waals surface area contributed by atoms with Gasteiger partial charge in [0.2, 0.25) is 12.2 Å². The van der Waals surface area contributed by atoms with Crippen LogP contribution in [0.2, 0.25) is 0 Å². The van der Waals surface area contributed by atoms with Gasteiger partial charge in [0.25, 0.3) is 0 Å². The minimum atomic E-state index is -0.822. The van der Waals surface area contributed by atoms with Gasteiger partial charge >= 0.3 is 0 Å².